The highest BCUT2D eigenvalue weighted by Gasteiger charge is 2.57. The highest BCUT2D eigenvalue weighted by Crippen LogP contribution is 2.64. The number of hydrogen-bond donors (Lipinski definition) is 0. The van der Waals surface area contributed by atoms with Crippen LogP contribution in [-0.2, 0) is 26.1 Å². The van der Waals surface area contributed by atoms with Crippen LogP contribution in [0.15, 0.2) is 54.1 Å². The van der Waals surface area contributed by atoms with Gasteiger partial charge in [-0.2, -0.15) is 0 Å². The lowest BCUT2D eigenvalue weighted by Gasteiger charge is -2.57. The van der Waals surface area contributed by atoms with Gasteiger partial charge in [0.25, 0.3) is 0 Å². The van der Waals surface area contributed by atoms with Crippen molar-refractivity contribution in [3.63, 3.8) is 0 Å². The highest BCUT2D eigenvalue weighted by molar-refractivity contribution is 5.98. The Morgan fingerprint density at radius 3 is 2.43 bits per heavy atom. The smallest absolute Gasteiger partial charge is 0.338 e. The Morgan fingerprint density at radius 1 is 0.946 bits per heavy atom. The molecule has 6 rings (SSSR count). The Balaban J connectivity index is 1.36. The molecule has 3 unspecified atom stereocenters. The molecule has 0 amide bonds. The van der Waals surface area contributed by atoms with Gasteiger partial charge in [-0.1, -0.05) is 55.8 Å². The standard InChI is InChI=1S/C33H38O4/c1-20(34)37-24-12-14-32(2)23(18-24)10-11-25-28(32)13-15-33(3)29-19-26(21-8-6-5-7-9-21)27(31(35)36-4)16-22(29)17-30(25)33/h5-10,16,19,24-25,28,30H,11-15,17-18H2,1-4H3/t24-,25?,28?,30?,32-,33+/m0/s1. The molecule has 0 N–H and O–H groups in total. The molecule has 6 atom stereocenters. The maximum atomic E-state index is 12.9. The molecular weight excluding hydrogens is 460 g/mol. The number of fused-ring (bicyclic) bond motifs is 7. The molecule has 0 aromatic heterocycles. The number of ether oxygens (including phenoxy) is 2. The van der Waals surface area contributed by atoms with Crippen molar-refractivity contribution in [3.05, 3.63) is 70.8 Å². The molecule has 0 spiro atoms. The number of methoxy groups -OCH3 is 1. The molecule has 4 heteroatoms. The van der Waals surface area contributed by atoms with Crippen LogP contribution in [0.25, 0.3) is 11.1 Å². The zero-order valence-corrected chi connectivity index (χ0v) is 22.5. The lowest BCUT2D eigenvalue weighted by atomic mass is 9.47. The summed E-state index contributed by atoms with van der Waals surface area (Å²) in [6, 6.07) is 14.7. The maximum absolute atomic E-state index is 12.9. The molecule has 0 saturated heterocycles. The Bertz CT molecular complexity index is 1280. The van der Waals surface area contributed by atoms with Gasteiger partial charge in [-0.25, -0.2) is 4.79 Å². The minimum atomic E-state index is -0.262. The third-order valence-corrected chi connectivity index (χ3v) is 10.6. The van der Waals surface area contributed by atoms with Gasteiger partial charge in [0.2, 0.25) is 0 Å². The van der Waals surface area contributed by atoms with Crippen LogP contribution < -0.4 is 0 Å². The van der Waals surface area contributed by atoms with Crippen LogP contribution in [0, 0.1) is 23.2 Å². The fourth-order valence-electron chi connectivity index (χ4n) is 8.71. The van der Waals surface area contributed by atoms with Gasteiger partial charge < -0.3 is 9.47 Å². The zero-order valence-electron chi connectivity index (χ0n) is 22.5. The first-order chi connectivity index (χ1) is 17.7. The minimum Gasteiger partial charge on any atom is -0.465 e. The first-order valence-electron chi connectivity index (χ1n) is 13.9. The van der Waals surface area contributed by atoms with E-state index in [4.69, 9.17) is 9.47 Å². The number of esters is 2. The van der Waals surface area contributed by atoms with Crippen molar-refractivity contribution in [1.82, 2.24) is 0 Å². The van der Waals surface area contributed by atoms with Crippen LogP contribution >= 0.6 is 0 Å². The molecule has 0 radical (unpaired) electrons. The first kappa shape index (κ1) is 24.5. The van der Waals surface area contributed by atoms with E-state index < -0.39 is 0 Å². The Morgan fingerprint density at radius 2 is 1.70 bits per heavy atom. The van der Waals surface area contributed by atoms with Crippen LogP contribution in [0.4, 0.5) is 0 Å². The van der Waals surface area contributed by atoms with E-state index in [-0.39, 0.29) is 28.9 Å². The van der Waals surface area contributed by atoms with E-state index >= 15 is 0 Å². The van der Waals surface area contributed by atoms with E-state index in [1.807, 2.05) is 18.2 Å². The molecule has 37 heavy (non-hydrogen) atoms. The van der Waals surface area contributed by atoms with Crippen LogP contribution in [0.3, 0.4) is 0 Å². The Kier molecular flexibility index (Phi) is 5.85. The van der Waals surface area contributed by atoms with Crippen LogP contribution in [0.5, 0.6) is 0 Å². The average Bonchev–Trinajstić information content (AvgIpc) is 3.19. The van der Waals surface area contributed by atoms with Crippen molar-refractivity contribution in [2.75, 3.05) is 7.11 Å². The van der Waals surface area contributed by atoms with Crippen molar-refractivity contribution in [2.45, 2.75) is 77.2 Å². The van der Waals surface area contributed by atoms with Crippen molar-refractivity contribution >= 4 is 11.9 Å². The normalized spacial score (nSPS) is 33.8. The Hall–Kier alpha value is -2.88. The van der Waals surface area contributed by atoms with Crippen molar-refractivity contribution in [3.8, 4) is 11.1 Å². The van der Waals surface area contributed by atoms with E-state index in [1.54, 1.807) is 0 Å². The Labute approximate surface area is 220 Å². The summed E-state index contributed by atoms with van der Waals surface area (Å²) >= 11 is 0. The van der Waals surface area contributed by atoms with Gasteiger partial charge in [0.05, 0.1) is 12.7 Å². The zero-order chi connectivity index (χ0) is 25.9. The van der Waals surface area contributed by atoms with Gasteiger partial charge in [-0.15, -0.1) is 0 Å². The van der Waals surface area contributed by atoms with Crippen molar-refractivity contribution in [1.29, 1.82) is 0 Å². The number of hydrogen-bond acceptors (Lipinski definition) is 4. The summed E-state index contributed by atoms with van der Waals surface area (Å²) < 4.78 is 10.8. The predicted octanol–water partition coefficient (Wildman–Crippen LogP) is 7.05. The summed E-state index contributed by atoms with van der Waals surface area (Å²) in [5.41, 5.74) is 7.31. The number of benzene rings is 2. The molecule has 0 bridgehead atoms. The quantitative estimate of drug-likeness (QED) is 0.336. The second-order valence-electron chi connectivity index (χ2n) is 12.3. The largest absolute Gasteiger partial charge is 0.465 e. The van der Waals surface area contributed by atoms with Gasteiger partial charge in [-0.05, 0) is 101 Å². The summed E-state index contributed by atoms with van der Waals surface area (Å²) in [5.74, 6) is 1.43. The molecule has 0 heterocycles. The molecule has 2 saturated carbocycles. The topological polar surface area (TPSA) is 52.6 Å². The van der Waals surface area contributed by atoms with Crippen LogP contribution in [-0.4, -0.2) is 25.2 Å². The number of carbonyl (C=O) groups is 2. The lowest BCUT2D eigenvalue weighted by molar-refractivity contribution is -0.148. The van der Waals surface area contributed by atoms with E-state index in [0.29, 0.717) is 23.3 Å². The van der Waals surface area contributed by atoms with Crippen molar-refractivity contribution < 1.29 is 19.1 Å². The van der Waals surface area contributed by atoms with Crippen LogP contribution in [0.2, 0.25) is 0 Å². The molecule has 2 fully saturated rings. The summed E-state index contributed by atoms with van der Waals surface area (Å²) in [5, 5.41) is 0. The third-order valence-electron chi connectivity index (χ3n) is 10.6. The lowest BCUT2D eigenvalue weighted by Crippen LogP contribution is -2.51. The molecule has 4 aliphatic rings. The molecule has 0 aliphatic heterocycles. The first-order valence-corrected chi connectivity index (χ1v) is 13.9. The van der Waals surface area contributed by atoms with Crippen molar-refractivity contribution in [2.24, 2.45) is 23.2 Å². The maximum Gasteiger partial charge on any atom is 0.338 e. The second-order valence-corrected chi connectivity index (χ2v) is 12.3. The van der Waals surface area contributed by atoms with Gasteiger partial charge in [0.15, 0.2) is 0 Å². The SMILES string of the molecule is COC(=O)c1cc2c(cc1-c1ccccc1)[C@@]1(C)CCC3C(CC=C4C[C@@H](OC(C)=O)CC[C@@]43C)C1C2. The molecule has 2 aromatic rings. The summed E-state index contributed by atoms with van der Waals surface area (Å²) in [6.45, 7) is 6.48. The van der Waals surface area contributed by atoms with Crippen LogP contribution in [0.1, 0.15) is 80.8 Å². The van der Waals surface area contributed by atoms with E-state index in [0.717, 1.165) is 43.2 Å². The average molecular weight is 499 g/mol. The molecule has 194 valence electrons. The van der Waals surface area contributed by atoms with Gasteiger partial charge in [0.1, 0.15) is 6.10 Å². The summed E-state index contributed by atoms with van der Waals surface area (Å²) in [6.07, 6.45) is 10.0. The molecule has 4 aliphatic carbocycles. The van der Waals surface area contributed by atoms with Gasteiger partial charge in [0, 0.05) is 13.3 Å². The van der Waals surface area contributed by atoms with E-state index in [9.17, 15) is 9.59 Å². The molecule has 2 aromatic carbocycles. The number of rotatable bonds is 3. The highest BCUT2D eigenvalue weighted by atomic mass is 16.5. The third kappa shape index (κ3) is 3.78. The molecular formula is C33H38O4. The van der Waals surface area contributed by atoms with Gasteiger partial charge in [-0.3, -0.25) is 4.79 Å². The summed E-state index contributed by atoms with van der Waals surface area (Å²) in [7, 11) is 1.47. The molecule has 4 nitrogen and oxygen atoms in total. The number of allylic oxidation sites excluding steroid dienone is 1. The monoisotopic (exact) mass is 498 g/mol. The van der Waals surface area contributed by atoms with E-state index in [1.165, 1.54) is 43.6 Å². The second kappa shape index (κ2) is 8.85. The fourth-order valence-corrected chi connectivity index (χ4v) is 8.71. The predicted molar refractivity (Wildman–Crippen MR) is 144 cm³/mol. The van der Waals surface area contributed by atoms with E-state index in [2.05, 4.69) is 44.2 Å². The summed E-state index contributed by atoms with van der Waals surface area (Å²) in [4.78, 5) is 24.4. The fraction of sp³-hybridized carbons (Fsp3) is 0.515. The minimum absolute atomic E-state index is 0.0334. The van der Waals surface area contributed by atoms with Gasteiger partial charge >= 0.3 is 11.9 Å². The number of carbonyl (C=O) groups excluding carboxylic acids is 2.